The lowest BCUT2D eigenvalue weighted by Crippen LogP contribution is -2.58. The van der Waals surface area contributed by atoms with Crippen molar-refractivity contribution in [2.75, 3.05) is 5.32 Å². The number of hydrogen-bond donors (Lipinski definition) is 2. The summed E-state index contributed by atoms with van der Waals surface area (Å²) >= 11 is 1.33. The maximum absolute atomic E-state index is 13.1. The smallest absolute Gasteiger partial charge is 0.240 e. The quantitative estimate of drug-likeness (QED) is 0.741. The molecule has 0 radical (unpaired) electrons. The summed E-state index contributed by atoms with van der Waals surface area (Å²) in [6, 6.07) is -0.680. The predicted molar refractivity (Wildman–Crippen MR) is 106 cm³/mol. The zero-order valence-corrected chi connectivity index (χ0v) is 17.2. The number of carbonyl (C=O) groups is 3. The minimum absolute atomic E-state index is 0.00463. The average Bonchev–Trinajstić information content (AvgIpc) is 3.09. The lowest BCUT2D eigenvalue weighted by molar-refractivity contribution is -0.147. The molecule has 0 spiro atoms. The summed E-state index contributed by atoms with van der Waals surface area (Å²) in [6.07, 6.45) is 6.67. The van der Waals surface area contributed by atoms with Gasteiger partial charge in [0.1, 0.15) is 6.04 Å². The Bertz CT molecular complexity index is 648. The standard InChI is InChI=1S/C19H30N4O3S/c1-19(2,3)16(17(20)26)23(13-7-5-4-6-8-13)15(25)10-9-14(24)22-18-21-11-12-27-18/h11-13,16H,4-10H2,1-3H3,(H2,20,26)(H,21,22,24). The molecule has 1 unspecified atom stereocenters. The molecule has 27 heavy (non-hydrogen) atoms. The van der Waals surface area contributed by atoms with Gasteiger partial charge < -0.3 is 16.0 Å². The summed E-state index contributed by atoms with van der Waals surface area (Å²) < 4.78 is 0. The van der Waals surface area contributed by atoms with Crippen LogP contribution in [0.1, 0.15) is 65.7 Å². The van der Waals surface area contributed by atoms with Crippen molar-refractivity contribution in [3.8, 4) is 0 Å². The van der Waals surface area contributed by atoms with E-state index in [1.165, 1.54) is 11.3 Å². The fourth-order valence-corrected chi connectivity index (χ4v) is 4.26. The molecule has 0 aliphatic heterocycles. The Kier molecular flexibility index (Phi) is 7.35. The molecule has 2 rings (SSSR count). The Morgan fingerprint density at radius 3 is 2.44 bits per heavy atom. The van der Waals surface area contributed by atoms with Crippen LogP contribution in [0.25, 0.3) is 0 Å². The van der Waals surface area contributed by atoms with E-state index in [1.54, 1.807) is 16.5 Å². The van der Waals surface area contributed by atoms with Crippen LogP contribution in [0.2, 0.25) is 0 Å². The van der Waals surface area contributed by atoms with Gasteiger partial charge in [0.05, 0.1) is 0 Å². The molecule has 3 N–H and O–H groups in total. The summed E-state index contributed by atoms with van der Waals surface area (Å²) in [5, 5.41) is 4.97. The molecular weight excluding hydrogens is 364 g/mol. The summed E-state index contributed by atoms with van der Waals surface area (Å²) in [7, 11) is 0. The van der Waals surface area contributed by atoms with Gasteiger partial charge >= 0.3 is 0 Å². The molecule has 1 saturated carbocycles. The van der Waals surface area contributed by atoms with E-state index in [-0.39, 0.29) is 30.7 Å². The molecule has 8 heteroatoms. The van der Waals surface area contributed by atoms with E-state index >= 15 is 0 Å². The molecule has 1 heterocycles. The third-order valence-corrected chi connectivity index (χ3v) is 5.56. The van der Waals surface area contributed by atoms with Crippen molar-refractivity contribution < 1.29 is 14.4 Å². The zero-order valence-electron chi connectivity index (χ0n) is 16.4. The van der Waals surface area contributed by atoms with Gasteiger partial charge in [-0.25, -0.2) is 4.98 Å². The van der Waals surface area contributed by atoms with Gasteiger partial charge in [-0.2, -0.15) is 0 Å². The first kappa shape index (κ1) is 21.3. The summed E-state index contributed by atoms with van der Waals surface area (Å²) in [5.74, 6) is -0.933. The summed E-state index contributed by atoms with van der Waals surface area (Å²) in [6.45, 7) is 5.75. The second kappa shape index (κ2) is 9.30. The van der Waals surface area contributed by atoms with Gasteiger partial charge in [0.15, 0.2) is 5.13 Å². The molecular formula is C19H30N4O3S. The van der Waals surface area contributed by atoms with E-state index in [1.807, 2.05) is 20.8 Å². The van der Waals surface area contributed by atoms with Crippen LogP contribution in [0.5, 0.6) is 0 Å². The normalized spacial score (nSPS) is 16.6. The minimum atomic E-state index is -0.685. The topological polar surface area (TPSA) is 105 Å². The maximum atomic E-state index is 13.1. The fourth-order valence-electron chi connectivity index (χ4n) is 3.72. The molecule has 1 fully saturated rings. The van der Waals surface area contributed by atoms with E-state index in [0.717, 1.165) is 32.1 Å². The monoisotopic (exact) mass is 394 g/mol. The Labute approximate surface area is 164 Å². The Morgan fingerprint density at radius 2 is 1.93 bits per heavy atom. The van der Waals surface area contributed by atoms with Gasteiger partial charge in [-0.1, -0.05) is 40.0 Å². The number of amides is 3. The largest absolute Gasteiger partial charge is 0.368 e. The molecule has 1 aromatic heterocycles. The van der Waals surface area contributed by atoms with Crippen molar-refractivity contribution in [1.82, 2.24) is 9.88 Å². The van der Waals surface area contributed by atoms with E-state index in [2.05, 4.69) is 10.3 Å². The Morgan fingerprint density at radius 1 is 1.26 bits per heavy atom. The third-order valence-electron chi connectivity index (χ3n) is 4.87. The van der Waals surface area contributed by atoms with Gasteiger partial charge in [0.2, 0.25) is 17.7 Å². The van der Waals surface area contributed by atoms with E-state index in [9.17, 15) is 14.4 Å². The highest BCUT2D eigenvalue weighted by Gasteiger charge is 2.41. The number of thiazole rings is 1. The fraction of sp³-hybridized carbons (Fsp3) is 0.684. The molecule has 150 valence electrons. The number of nitrogens with two attached hydrogens (primary N) is 1. The number of carbonyl (C=O) groups excluding carboxylic acids is 3. The number of primary amides is 1. The van der Waals surface area contributed by atoms with Crippen LogP contribution in [-0.2, 0) is 14.4 Å². The molecule has 0 bridgehead atoms. The molecule has 0 saturated heterocycles. The molecule has 1 atom stereocenters. The second-order valence-corrected chi connectivity index (χ2v) is 9.04. The third kappa shape index (κ3) is 6.02. The molecule has 0 aromatic carbocycles. The van der Waals surface area contributed by atoms with Crippen molar-refractivity contribution in [1.29, 1.82) is 0 Å². The number of nitrogens with zero attached hydrogens (tertiary/aromatic N) is 2. The lowest BCUT2D eigenvalue weighted by atomic mass is 9.82. The van der Waals surface area contributed by atoms with Crippen molar-refractivity contribution in [2.45, 2.75) is 77.8 Å². The average molecular weight is 395 g/mol. The number of hydrogen-bond acceptors (Lipinski definition) is 5. The van der Waals surface area contributed by atoms with E-state index in [4.69, 9.17) is 5.73 Å². The van der Waals surface area contributed by atoms with Crippen LogP contribution in [0, 0.1) is 5.41 Å². The van der Waals surface area contributed by atoms with E-state index in [0.29, 0.717) is 5.13 Å². The first-order chi connectivity index (χ1) is 12.7. The van der Waals surface area contributed by atoms with Gasteiger partial charge in [-0.3, -0.25) is 14.4 Å². The lowest BCUT2D eigenvalue weighted by Gasteiger charge is -2.44. The molecule has 3 amide bonds. The molecule has 1 aliphatic carbocycles. The van der Waals surface area contributed by atoms with Crippen molar-refractivity contribution in [3.63, 3.8) is 0 Å². The van der Waals surface area contributed by atoms with Gasteiger partial charge in [-0.05, 0) is 18.3 Å². The highest BCUT2D eigenvalue weighted by atomic mass is 32.1. The van der Waals surface area contributed by atoms with Gasteiger partial charge in [0, 0.05) is 30.5 Å². The van der Waals surface area contributed by atoms with Crippen LogP contribution in [0.3, 0.4) is 0 Å². The summed E-state index contributed by atoms with van der Waals surface area (Å²) in [5.41, 5.74) is 5.23. The van der Waals surface area contributed by atoms with Crippen LogP contribution in [0.15, 0.2) is 11.6 Å². The molecule has 1 aliphatic rings. The number of rotatable bonds is 7. The SMILES string of the molecule is CC(C)(C)C(C(N)=O)N(C(=O)CCC(=O)Nc1nccs1)C1CCCCC1. The van der Waals surface area contributed by atoms with Gasteiger partial charge in [-0.15, -0.1) is 11.3 Å². The molecule has 7 nitrogen and oxygen atoms in total. The van der Waals surface area contributed by atoms with Crippen LogP contribution in [0.4, 0.5) is 5.13 Å². The van der Waals surface area contributed by atoms with Crippen LogP contribution in [-0.4, -0.2) is 39.7 Å². The first-order valence-electron chi connectivity index (χ1n) is 9.50. The Hall–Kier alpha value is -1.96. The van der Waals surface area contributed by atoms with Crippen LogP contribution < -0.4 is 11.1 Å². The van der Waals surface area contributed by atoms with E-state index < -0.39 is 17.4 Å². The van der Waals surface area contributed by atoms with Crippen molar-refractivity contribution in [2.24, 2.45) is 11.1 Å². The zero-order chi connectivity index (χ0) is 20.0. The minimum Gasteiger partial charge on any atom is -0.368 e. The highest BCUT2D eigenvalue weighted by Crippen LogP contribution is 2.32. The number of aromatic nitrogens is 1. The first-order valence-corrected chi connectivity index (χ1v) is 10.4. The second-order valence-electron chi connectivity index (χ2n) is 8.15. The van der Waals surface area contributed by atoms with Crippen molar-refractivity contribution >= 4 is 34.2 Å². The summed E-state index contributed by atoms with van der Waals surface area (Å²) in [4.78, 5) is 43.1. The number of nitrogens with one attached hydrogen (secondary N) is 1. The van der Waals surface area contributed by atoms with Crippen LogP contribution >= 0.6 is 11.3 Å². The highest BCUT2D eigenvalue weighted by molar-refractivity contribution is 7.13. The molecule has 1 aromatic rings. The number of anilines is 1. The van der Waals surface area contributed by atoms with Crippen molar-refractivity contribution in [3.05, 3.63) is 11.6 Å². The Balaban J connectivity index is 2.10. The predicted octanol–water partition coefficient (Wildman–Crippen LogP) is 2.92. The van der Waals surface area contributed by atoms with Gasteiger partial charge in [0.25, 0.3) is 0 Å². The maximum Gasteiger partial charge on any atom is 0.240 e.